The molecule has 166 valence electrons. The molecule has 1 heterocycles. The molecule has 2 N–H and O–H groups in total. The number of unbranched alkanes of at least 4 members (excludes halogenated alkanes) is 2. The van der Waals surface area contributed by atoms with Crippen molar-refractivity contribution in [3.8, 4) is 11.8 Å². The van der Waals surface area contributed by atoms with Crippen LogP contribution in [0.2, 0.25) is 0 Å². The van der Waals surface area contributed by atoms with E-state index in [4.69, 9.17) is 4.42 Å². The van der Waals surface area contributed by atoms with Crippen molar-refractivity contribution < 1.29 is 19.1 Å². The van der Waals surface area contributed by atoms with Gasteiger partial charge in [-0.15, -0.1) is 0 Å². The van der Waals surface area contributed by atoms with Crippen LogP contribution in [0.15, 0.2) is 46.9 Å². The summed E-state index contributed by atoms with van der Waals surface area (Å²) in [4.78, 5) is 24.8. The highest BCUT2D eigenvalue weighted by Gasteiger charge is 2.22. The number of nitrogens with one attached hydrogen (secondary N) is 1. The molecule has 0 aliphatic carbocycles. The second-order valence-corrected chi connectivity index (χ2v) is 7.76. The minimum Gasteiger partial charge on any atom is -0.478 e. The number of carboxylic acids is 1. The maximum absolute atomic E-state index is 13.4. The quantitative estimate of drug-likeness (QED) is 0.254. The summed E-state index contributed by atoms with van der Waals surface area (Å²) < 4.78 is 5.95. The van der Waals surface area contributed by atoms with Crippen molar-refractivity contribution in [1.82, 2.24) is 5.32 Å². The van der Waals surface area contributed by atoms with Gasteiger partial charge in [0.2, 0.25) is 0 Å². The first-order valence-corrected chi connectivity index (χ1v) is 11.2. The Bertz CT molecular complexity index is 1150. The zero-order valence-electron chi connectivity index (χ0n) is 18.7. The van der Waals surface area contributed by atoms with Gasteiger partial charge >= 0.3 is 5.97 Å². The Morgan fingerprint density at radius 1 is 1.00 bits per heavy atom. The maximum Gasteiger partial charge on any atom is 0.335 e. The molecule has 0 unspecified atom stereocenters. The summed E-state index contributed by atoms with van der Waals surface area (Å²) in [5, 5.41) is 13.2. The molecule has 0 radical (unpaired) electrons. The number of carbonyl (C=O) groups is 2. The first kappa shape index (κ1) is 23.3. The van der Waals surface area contributed by atoms with Crippen LogP contribution in [0.1, 0.15) is 77.1 Å². The van der Waals surface area contributed by atoms with Crippen LogP contribution < -0.4 is 5.32 Å². The molecular weight excluding hydrogens is 402 g/mol. The predicted molar refractivity (Wildman–Crippen MR) is 126 cm³/mol. The van der Waals surface area contributed by atoms with Crippen LogP contribution in [0.3, 0.4) is 0 Å². The number of fused-ring (bicyclic) bond motifs is 1. The first-order chi connectivity index (χ1) is 15.5. The third kappa shape index (κ3) is 5.66. The van der Waals surface area contributed by atoms with Gasteiger partial charge < -0.3 is 14.8 Å². The zero-order valence-corrected chi connectivity index (χ0v) is 18.7. The van der Waals surface area contributed by atoms with E-state index in [1.807, 2.05) is 12.1 Å². The van der Waals surface area contributed by atoms with Gasteiger partial charge in [0.25, 0.3) is 0 Å². The summed E-state index contributed by atoms with van der Waals surface area (Å²) in [6.45, 7) is 5.82. The molecule has 0 amide bonds. The van der Waals surface area contributed by atoms with Crippen molar-refractivity contribution in [3.63, 3.8) is 0 Å². The average Bonchev–Trinajstić information content (AvgIpc) is 3.17. The van der Waals surface area contributed by atoms with Gasteiger partial charge in [-0.1, -0.05) is 38.5 Å². The Morgan fingerprint density at radius 3 is 2.41 bits per heavy atom. The molecule has 0 bridgehead atoms. The van der Waals surface area contributed by atoms with Gasteiger partial charge in [0.05, 0.1) is 17.7 Å². The van der Waals surface area contributed by atoms with E-state index in [2.05, 4.69) is 31.0 Å². The number of carboxylic acid groups (broad SMARTS) is 1. The SMILES string of the molecule is CCCCNCC#Cc1ccc(C(=O)c2c(CCCC)oc3ccc(C(=O)O)cc23)cc1. The number of ketones is 1. The van der Waals surface area contributed by atoms with Gasteiger partial charge in [0.1, 0.15) is 11.3 Å². The van der Waals surface area contributed by atoms with E-state index in [0.29, 0.717) is 40.8 Å². The number of hydrogen-bond donors (Lipinski definition) is 2. The topological polar surface area (TPSA) is 79.5 Å². The highest BCUT2D eigenvalue weighted by atomic mass is 16.4. The molecule has 2 aromatic carbocycles. The Hall–Kier alpha value is -3.36. The summed E-state index contributed by atoms with van der Waals surface area (Å²) in [7, 11) is 0. The third-order valence-electron chi connectivity index (χ3n) is 5.29. The van der Waals surface area contributed by atoms with E-state index >= 15 is 0 Å². The molecule has 0 fully saturated rings. The molecular formula is C27H29NO4. The molecule has 0 saturated heterocycles. The van der Waals surface area contributed by atoms with E-state index in [0.717, 1.165) is 37.8 Å². The number of hydrogen-bond acceptors (Lipinski definition) is 4. The number of furan rings is 1. The van der Waals surface area contributed by atoms with Gasteiger partial charge in [0.15, 0.2) is 5.78 Å². The van der Waals surface area contributed by atoms with E-state index < -0.39 is 5.97 Å². The second kappa shape index (κ2) is 11.3. The molecule has 3 rings (SSSR count). The number of aromatic carboxylic acids is 1. The number of benzene rings is 2. The van der Waals surface area contributed by atoms with Crippen molar-refractivity contribution >= 4 is 22.7 Å². The minimum absolute atomic E-state index is 0.132. The third-order valence-corrected chi connectivity index (χ3v) is 5.29. The lowest BCUT2D eigenvalue weighted by Crippen LogP contribution is -2.14. The van der Waals surface area contributed by atoms with Crippen molar-refractivity contribution in [2.45, 2.75) is 46.0 Å². The molecule has 5 heteroatoms. The minimum atomic E-state index is -1.03. The first-order valence-electron chi connectivity index (χ1n) is 11.2. The van der Waals surface area contributed by atoms with Crippen LogP contribution >= 0.6 is 0 Å². The highest BCUT2D eigenvalue weighted by molar-refractivity contribution is 6.17. The van der Waals surface area contributed by atoms with Crippen molar-refractivity contribution in [1.29, 1.82) is 0 Å². The lowest BCUT2D eigenvalue weighted by Gasteiger charge is -2.04. The Morgan fingerprint density at radius 2 is 1.72 bits per heavy atom. The van der Waals surface area contributed by atoms with Crippen molar-refractivity contribution in [2.24, 2.45) is 0 Å². The molecule has 0 atom stereocenters. The van der Waals surface area contributed by atoms with E-state index in [9.17, 15) is 14.7 Å². The number of rotatable bonds is 10. The van der Waals surface area contributed by atoms with Crippen molar-refractivity contribution in [3.05, 3.63) is 70.5 Å². The van der Waals surface area contributed by atoms with Gasteiger partial charge in [-0.25, -0.2) is 4.79 Å². The second-order valence-electron chi connectivity index (χ2n) is 7.76. The van der Waals surface area contributed by atoms with E-state index in [1.54, 1.807) is 18.2 Å². The fourth-order valence-electron chi connectivity index (χ4n) is 3.49. The van der Waals surface area contributed by atoms with Crippen LogP contribution in [0, 0.1) is 11.8 Å². The molecule has 3 aromatic rings. The van der Waals surface area contributed by atoms with Crippen LogP contribution in [-0.2, 0) is 6.42 Å². The van der Waals surface area contributed by atoms with Crippen molar-refractivity contribution in [2.75, 3.05) is 13.1 Å². The number of carbonyl (C=O) groups excluding carboxylic acids is 1. The zero-order chi connectivity index (χ0) is 22.9. The van der Waals surface area contributed by atoms with Crippen LogP contribution in [0.4, 0.5) is 0 Å². The fraction of sp³-hybridized carbons (Fsp3) is 0.333. The predicted octanol–water partition coefficient (Wildman–Crippen LogP) is 5.45. The van der Waals surface area contributed by atoms with E-state index in [1.165, 1.54) is 12.1 Å². The summed E-state index contributed by atoms with van der Waals surface area (Å²) in [6.07, 6.45) is 4.76. The van der Waals surface area contributed by atoms with Gasteiger partial charge in [-0.05, 0) is 61.9 Å². The Kier molecular flexibility index (Phi) is 8.24. The lowest BCUT2D eigenvalue weighted by molar-refractivity contribution is 0.0696. The molecule has 32 heavy (non-hydrogen) atoms. The summed E-state index contributed by atoms with van der Waals surface area (Å²) in [5.41, 5.74) is 2.48. The van der Waals surface area contributed by atoms with Gasteiger partial charge in [-0.2, -0.15) is 0 Å². The lowest BCUT2D eigenvalue weighted by atomic mass is 9.97. The monoisotopic (exact) mass is 431 g/mol. The Labute approximate surface area is 188 Å². The number of aryl methyl sites for hydroxylation is 1. The molecule has 0 saturated carbocycles. The van der Waals surface area contributed by atoms with Crippen LogP contribution in [0.5, 0.6) is 0 Å². The molecule has 0 aliphatic rings. The summed E-state index contributed by atoms with van der Waals surface area (Å²) in [6, 6.07) is 11.8. The molecule has 5 nitrogen and oxygen atoms in total. The maximum atomic E-state index is 13.4. The van der Waals surface area contributed by atoms with Crippen LogP contribution in [0.25, 0.3) is 11.0 Å². The fourth-order valence-corrected chi connectivity index (χ4v) is 3.49. The Balaban J connectivity index is 1.87. The molecule has 0 aliphatic heterocycles. The van der Waals surface area contributed by atoms with Gasteiger partial charge in [-0.3, -0.25) is 4.79 Å². The standard InChI is InChI=1S/C27H29NO4/c1-3-5-9-24-25(22-18-21(27(30)31)14-15-23(22)32-24)26(29)20-12-10-19(11-13-20)8-7-17-28-16-6-4-2/h10-15,18,28H,3-6,9,16-17H2,1-2H3,(H,30,31). The normalized spacial score (nSPS) is 10.7. The van der Waals surface area contributed by atoms with E-state index in [-0.39, 0.29) is 11.3 Å². The van der Waals surface area contributed by atoms with Gasteiger partial charge in [0, 0.05) is 22.9 Å². The molecule has 1 aromatic heterocycles. The average molecular weight is 432 g/mol. The summed E-state index contributed by atoms with van der Waals surface area (Å²) in [5.74, 6) is 5.60. The summed E-state index contributed by atoms with van der Waals surface area (Å²) >= 11 is 0. The highest BCUT2D eigenvalue weighted by Crippen LogP contribution is 2.30. The largest absolute Gasteiger partial charge is 0.478 e. The molecule has 0 spiro atoms. The van der Waals surface area contributed by atoms with Crippen LogP contribution in [-0.4, -0.2) is 29.9 Å². The smallest absolute Gasteiger partial charge is 0.335 e.